The van der Waals surface area contributed by atoms with E-state index in [0.717, 1.165) is 0 Å². The Labute approximate surface area is 222 Å². The Hall–Kier alpha value is -3.49. The molecule has 0 heterocycles. The van der Waals surface area contributed by atoms with Gasteiger partial charge in [-0.1, -0.05) is 36.4 Å². The van der Waals surface area contributed by atoms with Crippen molar-refractivity contribution in [1.29, 1.82) is 0 Å². The third-order valence-corrected chi connectivity index (χ3v) is 7.34. The molecule has 1 saturated carbocycles. The van der Waals surface area contributed by atoms with Gasteiger partial charge in [-0.25, -0.2) is 18.4 Å². The standard InChI is InChI=1S/C29H36F2N2O5/c1-5-38-25-19(2)23(13-14-24(25)21(4)34)20(3)33(27(37)32-28(26(35)36)15-9-16-28)18-10-17-29(30,31)22-11-7-6-8-12-22/h6-8,11-14,20H,5,9-10,15-18H2,1-4H3,(H,32,37)(H,35,36)/t20-/m1/s1. The molecule has 3 rings (SSSR count). The lowest BCUT2D eigenvalue weighted by atomic mass is 9.77. The third-order valence-electron chi connectivity index (χ3n) is 7.34. The zero-order valence-corrected chi connectivity index (χ0v) is 22.4. The molecule has 2 aromatic rings. The van der Waals surface area contributed by atoms with Gasteiger partial charge >= 0.3 is 12.0 Å². The highest BCUT2D eigenvalue weighted by Gasteiger charge is 2.47. The number of carboxylic acids is 1. The van der Waals surface area contributed by atoms with Crippen LogP contribution in [-0.4, -0.2) is 46.5 Å². The second kappa shape index (κ2) is 11.9. The van der Waals surface area contributed by atoms with E-state index in [2.05, 4.69) is 5.32 Å². The molecule has 38 heavy (non-hydrogen) atoms. The van der Waals surface area contributed by atoms with Crippen molar-refractivity contribution in [3.05, 3.63) is 64.7 Å². The van der Waals surface area contributed by atoms with Gasteiger partial charge in [0.1, 0.15) is 11.3 Å². The molecule has 7 nitrogen and oxygen atoms in total. The number of aliphatic carboxylic acids is 1. The minimum absolute atomic E-state index is 0.0113. The van der Waals surface area contributed by atoms with Crippen LogP contribution >= 0.6 is 0 Å². The number of benzene rings is 2. The largest absolute Gasteiger partial charge is 0.493 e. The number of halogens is 2. The van der Waals surface area contributed by atoms with E-state index in [9.17, 15) is 28.3 Å². The topological polar surface area (TPSA) is 95.9 Å². The number of nitrogens with one attached hydrogen (secondary N) is 1. The molecule has 2 amide bonds. The van der Waals surface area contributed by atoms with Gasteiger partial charge in [-0.15, -0.1) is 0 Å². The maximum atomic E-state index is 14.8. The van der Waals surface area contributed by atoms with E-state index in [1.165, 1.54) is 24.0 Å². The number of ether oxygens (including phenoxy) is 1. The maximum absolute atomic E-state index is 14.8. The Balaban J connectivity index is 1.90. The second-order valence-electron chi connectivity index (χ2n) is 9.86. The predicted octanol–water partition coefficient (Wildman–Crippen LogP) is 6.25. The van der Waals surface area contributed by atoms with Crippen molar-refractivity contribution in [2.24, 2.45) is 0 Å². The fourth-order valence-corrected chi connectivity index (χ4v) is 4.90. The van der Waals surface area contributed by atoms with Crippen molar-refractivity contribution in [2.45, 2.75) is 77.3 Å². The fourth-order valence-electron chi connectivity index (χ4n) is 4.90. The van der Waals surface area contributed by atoms with Crippen LogP contribution in [0.2, 0.25) is 0 Å². The monoisotopic (exact) mass is 530 g/mol. The van der Waals surface area contributed by atoms with Crippen LogP contribution in [0.25, 0.3) is 0 Å². The Morgan fingerprint density at radius 2 is 1.82 bits per heavy atom. The maximum Gasteiger partial charge on any atom is 0.329 e. The first-order chi connectivity index (χ1) is 17.9. The molecule has 0 aromatic heterocycles. The summed E-state index contributed by atoms with van der Waals surface area (Å²) in [4.78, 5) is 38.9. The first-order valence-electron chi connectivity index (χ1n) is 13.0. The molecule has 1 aliphatic rings. The third kappa shape index (κ3) is 6.14. The van der Waals surface area contributed by atoms with Crippen LogP contribution in [0, 0.1) is 6.92 Å². The first-order valence-corrected chi connectivity index (χ1v) is 13.0. The van der Waals surface area contributed by atoms with Crippen LogP contribution < -0.4 is 10.1 Å². The number of carboxylic acid groups (broad SMARTS) is 1. The number of urea groups is 1. The van der Waals surface area contributed by atoms with E-state index in [1.807, 2.05) is 0 Å². The smallest absolute Gasteiger partial charge is 0.329 e. The number of alkyl halides is 2. The van der Waals surface area contributed by atoms with Gasteiger partial charge in [0, 0.05) is 18.5 Å². The fraction of sp³-hybridized carbons (Fsp3) is 0.483. The number of Topliss-reactive ketones (excluding diaryl/α,β-unsaturated/α-hetero) is 1. The average molecular weight is 531 g/mol. The summed E-state index contributed by atoms with van der Waals surface area (Å²) in [7, 11) is 0. The number of carbonyl (C=O) groups is 3. The SMILES string of the molecule is CCOc1c(C(C)=O)ccc([C@@H](C)N(CCCC(F)(F)c2ccccc2)C(=O)NC2(C(=O)O)CCC2)c1C. The highest BCUT2D eigenvalue weighted by atomic mass is 19.3. The van der Waals surface area contributed by atoms with Crippen LogP contribution in [0.1, 0.15) is 86.0 Å². The number of hydrogen-bond donors (Lipinski definition) is 2. The Kier molecular flexibility index (Phi) is 9.12. The van der Waals surface area contributed by atoms with Crippen molar-refractivity contribution in [2.75, 3.05) is 13.2 Å². The van der Waals surface area contributed by atoms with Crippen LogP contribution in [0.3, 0.4) is 0 Å². The molecule has 2 aromatic carbocycles. The summed E-state index contributed by atoms with van der Waals surface area (Å²) >= 11 is 0. The second-order valence-corrected chi connectivity index (χ2v) is 9.86. The highest BCUT2D eigenvalue weighted by Crippen LogP contribution is 2.37. The minimum atomic E-state index is -3.08. The Morgan fingerprint density at radius 1 is 1.16 bits per heavy atom. The number of ketones is 1. The number of amides is 2. The van der Waals surface area contributed by atoms with E-state index in [4.69, 9.17) is 4.74 Å². The number of rotatable bonds is 12. The molecule has 1 fully saturated rings. The molecule has 2 N–H and O–H groups in total. The summed E-state index contributed by atoms with van der Waals surface area (Å²) in [6, 6.07) is 9.65. The van der Waals surface area contributed by atoms with E-state index in [1.54, 1.807) is 51.1 Å². The van der Waals surface area contributed by atoms with Gasteiger partial charge < -0.3 is 20.1 Å². The van der Waals surface area contributed by atoms with Crippen LogP contribution in [0.4, 0.5) is 13.6 Å². The molecule has 206 valence electrons. The van der Waals surface area contributed by atoms with Crippen LogP contribution in [-0.2, 0) is 10.7 Å². The van der Waals surface area contributed by atoms with E-state index in [-0.39, 0.29) is 24.3 Å². The molecular weight excluding hydrogens is 494 g/mol. The molecule has 0 radical (unpaired) electrons. The number of nitrogens with zero attached hydrogens (tertiary/aromatic N) is 1. The van der Waals surface area contributed by atoms with Crippen LogP contribution in [0.5, 0.6) is 5.75 Å². The Morgan fingerprint density at radius 3 is 2.34 bits per heavy atom. The molecule has 0 aliphatic heterocycles. The molecule has 1 aliphatic carbocycles. The van der Waals surface area contributed by atoms with Crippen molar-refractivity contribution in [3.8, 4) is 5.75 Å². The number of carbonyl (C=O) groups excluding carboxylic acids is 2. The van der Waals surface area contributed by atoms with Gasteiger partial charge in [0.2, 0.25) is 0 Å². The predicted molar refractivity (Wildman–Crippen MR) is 140 cm³/mol. The number of hydrogen-bond acceptors (Lipinski definition) is 4. The highest BCUT2D eigenvalue weighted by molar-refractivity contribution is 5.97. The molecule has 9 heteroatoms. The van der Waals surface area contributed by atoms with Gasteiger partial charge in [-0.05, 0) is 70.6 Å². The molecular formula is C29H36F2N2O5. The van der Waals surface area contributed by atoms with Gasteiger partial charge in [-0.2, -0.15) is 0 Å². The van der Waals surface area contributed by atoms with Gasteiger partial charge in [0.05, 0.1) is 18.2 Å². The first kappa shape index (κ1) is 29.1. The van der Waals surface area contributed by atoms with E-state index < -0.39 is 35.9 Å². The summed E-state index contributed by atoms with van der Waals surface area (Å²) in [5.41, 5.74) is 0.309. The van der Waals surface area contributed by atoms with E-state index >= 15 is 0 Å². The van der Waals surface area contributed by atoms with E-state index in [0.29, 0.717) is 48.3 Å². The summed E-state index contributed by atoms with van der Waals surface area (Å²) in [6.45, 7) is 7.09. The molecule has 0 bridgehead atoms. The lowest BCUT2D eigenvalue weighted by molar-refractivity contribution is -0.148. The van der Waals surface area contributed by atoms with Crippen molar-refractivity contribution in [1.82, 2.24) is 10.2 Å². The van der Waals surface area contributed by atoms with Gasteiger partial charge in [0.25, 0.3) is 5.92 Å². The minimum Gasteiger partial charge on any atom is -0.493 e. The molecule has 0 unspecified atom stereocenters. The zero-order chi connectivity index (χ0) is 28.1. The average Bonchev–Trinajstić information content (AvgIpc) is 2.85. The summed E-state index contributed by atoms with van der Waals surface area (Å²) in [6.07, 6.45) is 0.799. The molecule has 0 spiro atoms. The summed E-state index contributed by atoms with van der Waals surface area (Å²) in [5.74, 6) is -3.94. The molecule has 0 saturated heterocycles. The summed E-state index contributed by atoms with van der Waals surface area (Å²) < 4.78 is 35.5. The lowest BCUT2D eigenvalue weighted by Gasteiger charge is -2.41. The van der Waals surface area contributed by atoms with Crippen LogP contribution in [0.15, 0.2) is 42.5 Å². The quantitative estimate of drug-likeness (QED) is 0.316. The Bertz CT molecular complexity index is 1170. The molecule has 1 atom stereocenters. The van der Waals surface area contributed by atoms with Crippen molar-refractivity contribution >= 4 is 17.8 Å². The normalized spacial score (nSPS) is 15.2. The van der Waals surface area contributed by atoms with Crippen molar-refractivity contribution in [3.63, 3.8) is 0 Å². The van der Waals surface area contributed by atoms with Gasteiger partial charge in [-0.3, -0.25) is 4.79 Å². The van der Waals surface area contributed by atoms with Crippen molar-refractivity contribution < 1.29 is 33.0 Å². The summed E-state index contributed by atoms with van der Waals surface area (Å²) in [5, 5.41) is 12.4. The lowest BCUT2D eigenvalue weighted by Crippen LogP contribution is -2.62. The zero-order valence-electron chi connectivity index (χ0n) is 22.4. The van der Waals surface area contributed by atoms with Gasteiger partial charge in [0.15, 0.2) is 5.78 Å².